The molecular weight excluding hydrogens is 320 g/mol. The Morgan fingerprint density at radius 1 is 1.33 bits per heavy atom. The van der Waals surface area contributed by atoms with Gasteiger partial charge in [0.2, 0.25) is 0 Å². The Labute approximate surface area is 147 Å². The van der Waals surface area contributed by atoms with Crippen molar-refractivity contribution in [1.82, 2.24) is 0 Å². The number of ether oxygens (including phenoxy) is 2. The van der Waals surface area contributed by atoms with Gasteiger partial charge in [-0.05, 0) is 43.5 Å². The number of benzene rings is 1. The molecule has 0 radical (unpaired) electrons. The maximum Gasteiger partial charge on any atom is 0.161 e. The van der Waals surface area contributed by atoms with Crippen LogP contribution >= 0.6 is 11.8 Å². The minimum absolute atomic E-state index is 0.399. The molecule has 1 saturated carbocycles. The molecular formula is C19H22N2O2S. The summed E-state index contributed by atoms with van der Waals surface area (Å²) < 4.78 is 10.9. The first-order valence-electron chi connectivity index (χ1n) is 8.42. The fourth-order valence-electron chi connectivity index (χ4n) is 3.34. The molecule has 1 aromatic rings. The highest BCUT2D eigenvalue weighted by Crippen LogP contribution is 2.49. The molecule has 0 spiro atoms. The number of allylic oxidation sites excluding steroid dienone is 1. The van der Waals surface area contributed by atoms with Gasteiger partial charge in [0.05, 0.1) is 25.4 Å². The van der Waals surface area contributed by atoms with Crippen molar-refractivity contribution in [2.24, 2.45) is 10.9 Å². The number of nitriles is 1. The average Bonchev–Trinajstić information content (AvgIpc) is 2.98. The number of nitrogens with zero attached hydrogens (tertiary/aromatic N) is 2. The Morgan fingerprint density at radius 2 is 2.17 bits per heavy atom. The van der Waals surface area contributed by atoms with E-state index < -0.39 is 0 Å². The number of fused-ring (bicyclic) bond motifs is 1. The molecule has 0 N–H and O–H groups in total. The monoisotopic (exact) mass is 342 g/mol. The van der Waals surface area contributed by atoms with E-state index in [1.54, 1.807) is 18.9 Å². The van der Waals surface area contributed by atoms with Crippen LogP contribution in [0.15, 0.2) is 33.8 Å². The summed E-state index contributed by atoms with van der Waals surface area (Å²) in [6, 6.07) is 8.16. The molecule has 1 heterocycles. The van der Waals surface area contributed by atoms with E-state index >= 15 is 0 Å². The highest BCUT2D eigenvalue weighted by Gasteiger charge is 2.37. The van der Waals surface area contributed by atoms with Crippen molar-refractivity contribution < 1.29 is 9.47 Å². The smallest absolute Gasteiger partial charge is 0.161 e. The zero-order valence-electron chi connectivity index (χ0n) is 14.1. The highest BCUT2D eigenvalue weighted by atomic mass is 32.2. The van der Waals surface area contributed by atoms with Crippen LogP contribution < -0.4 is 9.47 Å². The molecule has 2 atom stereocenters. The zero-order chi connectivity index (χ0) is 16.9. The average molecular weight is 342 g/mol. The first-order chi connectivity index (χ1) is 11.8. The number of rotatable bonds is 5. The fourth-order valence-corrected chi connectivity index (χ4v) is 4.78. The SMILES string of the molecule is CCOc1ccc(C=NC2=C(C#N)[C@@H]3CCCC[C@@H]3S2)cc1OC. The molecule has 1 aliphatic carbocycles. The van der Waals surface area contributed by atoms with Gasteiger partial charge >= 0.3 is 0 Å². The summed E-state index contributed by atoms with van der Waals surface area (Å²) in [5.74, 6) is 1.83. The van der Waals surface area contributed by atoms with E-state index in [0.29, 0.717) is 23.5 Å². The van der Waals surface area contributed by atoms with Crippen LogP contribution in [-0.4, -0.2) is 25.2 Å². The summed E-state index contributed by atoms with van der Waals surface area (Å²) in [6.07, 6.45) is 6.61. The van der Waals surface area contributed by atoms with Gasteiger partial charge in [0.15, 0.2) is 11.5 Å². The minimum Gasteiger partial charge on any atom is -0.493 e. The summed E-state index contributed by atoms with van der Waals surface area (Å²) in [6.45, 7) is 2.54. The van der Waals surface area contributed by atoms with Gasteiger partial charge in [0.25, 0.3) is 0 Å². The van der Waals surface area contributed by atoms with E-state index in [0.717, 1.165) is 28.3 Å². The fraction of sp³-hybridized carbons (Fsp3) is 0.474. The van der Waals surface area contributed by atoms with E-state index in [9.17, 15) is 5.26 Å². The number of hydrogen-bond donors (Lipinski definition) is 0. The van der Waals surface area contributed by atoms with E-state index in [1.165, 1.54) is 19.3 Å². The van der Waals surface area contributed by atoms with Crippen LogP contribution in [0.25, 0.3) is 0 Å². The van der Waals surface area contributed by atoms with Gasteiger partial charge in [-0.25, -0.2) is 4.99 Å². The van der Waals surface area contributed by atoms with Gasteiger partial charge in [0.1, 0.15) is 5.03 Å². The first kappa shape index (κ1) is 16.9. The Morgan fingerprint density at radius 3 is 2.92 bits per heavy atom. The zero-order valence-corrected chi connectivity index (χ0v) is 14.9. The maximum absolute atomic E-state index is 9.52. The maximum atomic E-state index is 9.52. The van der Waals surface area contributed by atoms with Gasteiger partial charge in [-0.3, -0.25) is 0 Å². The third-order valence-electron chi connectivity index (χ3n) is 4.51. The predicted molar refractivity (Wildman–Crippen MR) is 97.7 cm³/mol. The molecule has 2 aliphatic rings. The standard InChI is InChI=1S/C19H22N2O2S/c1-3-23-16-9-8-13(10-17(16)22-2)12-21-19-15(11-20)14-6-4-5-7-18(14)24-19/h8-10,12,14,18H,3-7H2,1-2H3/t14-,18-/m0/s1. The van der Waals surface area contributed by atoms with Gasteiger partial charge in [0, 0.05) is 17.4 Å². The molecule has 0 aromatic heterocycles. The minimum atomic E-state index is 0.399. The van der Waals surface area contributed by atoms with Crippen LogP contribution in [0.2, 0.25) is 0 Å². The molecule has 0 bridgehead atoms. The summed E-state index contributed by atoms with van der Waals surface area (Å²) >= 11 is 1.77. The second kappa shape index (κ2) is 7.76. The lowest BCUT2D eigenvalue weighted by molar-refractivity contribution is 0.311. The quantitative estimate of drug-likeness (QED) is 0.736. The topological polar surface area (TPSA) is 54.6 Å². The lowest BCUT2D eigenvalue weighted by Gasteiger charge is -2.24. The Hall–Kier alpha value is -1.93. The largest absolute Gasteiger partial charge is 0.493 e. The molecule has 1 aromatic carbocycles. The molecule has 24 heavy (non-hydrogen) atoms. The van der Waals surface area contributed by atoms with Crippen molar-refractivity contribution in [3.05, 3.63) is 34.4 Å². The number of hydrogen-bond acceptors (Lipinski definition) is 5. The van der Waals surface area contributed by atoms with Gasteiger partial charge in [-0.2, -0.15) is 5.26 Å². The van der Waals surface area contributed by atoms with Crippen LogP contribution in [-0.2, 0) is 0 Å². The van der Waals surface area contributed by atoms with Gasteiger partial charge < -0.3 is 9.47 Å². The van der Waals surface area contributed by atoms with Gasteiger partial charge in [-0.15, -0.1) is 11.8 Å². The highest BCUT2D eigenvalue weighted by molar-refractivity contribution is 8.04. The van der Waals surface area contributed by atoms with E-state index in [1.807, 2.05) is 31.3 Å². The van der Waals surface area contributed by atoms with Crippen molar-refractivity contribution in [3.63, 3.8) is 0 Å². The van der Waals surface area contributed by atoms with Crippen molar-refractivity contribution in [3.8, 4) is 17.6 Å². The summed E-state index contributed by atoms with van der Waals surface area (Å²) in [4.78, 5) is 4.62. The molecule has 0 unspecified atom stereocenters. The van der Waals surface area contributed by atoms with Crippen LogP contribution in [0.3, 0.4) is 0 Å². The lowest BCUT2D eigenvalue weighted by atomic mass is 9.84. The molecule has 4 nitrogen and oxygen atoms in total. The van der Waals surface area contributed by atoms with Crippen LogP contribution in [0, 0.1) is 17.2 Å². The Bertz CT molecular complexity index is 706. The van der Waals surface area contributed by atoms with Crippen molar-refractivity contribution in [2.75, 3.05) is 13.7 Å². The summed E-state index contributed by atoms with van der Waals surface area (Å²) in [7, 11) is 1.63. The lowest BCUT2D eigenvalue weighted by Crippen LogP contribution is -2.18. The number of thioether (sulfide) groups is 1. The van der Waals surface area contributed by atoms with Crippen molar-refractivity contribution in [1.29, 1.82) is 5.26 Å². The second-order valence-corrected chi connectivity index (χ2v) is 7.21. The molecule has 0 saturated heterocycles. The van der Waals surface area contributed by atoms with E-state index in [2.05, 4.69) is 11.1 Å². The van der Waals surface area contributed by atoms with E-state index in [4.69, 9.17) is 9.47 Å². The Balaban J connectivity index is 1.81. The predicted octanol–water partition coefficient (Wildman–Crippen LogP) is 4.55. The number of aliphatic imine (C=N–C) groups is 1. The third kappa shape index (κ3) is 3.44. The summed E-state index contributed by atoms with van der Waals surface area (Å²) in [5, 5.41) is 10.9. The molecule has 0 amide bonds. The molecule has 1 fully saturated rings. The first-order valence-corrected chi connectivity index (χ1v) is 9.30. The third-order valence-corrected chi connectivity index (χ3v) is 5.92. The summed E-state index contributed by atoms with van der Waals surface area (Å²) in [5.41, 5.74) is 1.81. The molecule has 3 rings (SSSR count). The second-order valence-electron chi connectivity index (χ2n) is 5.98. The van der Waals surface area contributed by atoms with Crippen LogP contribution in [0.1, 0.15) is 38.2 Å². The van der Waals surface area contributed by atoms with E-state index in [-0.39, 0.29) is 0 Å². The Kier molecular flexibility index (Phi) is 5.47. The van der Waals surface area contributed by atoms with Crippen LogP contribution in [0.4, 0.5) is 0 Å². The normalized spacial score (nSPS) is 23.2. The molecule has 126 valence electrons. The van der Waals surface area contributed by atoms with Gasteiger partial charge in [-0.1, -0.05) is 12.8 Å². The molecule has 5 heteroatoms. The molecule has 1 aliphatic heterocycles. The van der Waals surface area contributed by atoms with Crippen LogP contribution in [0.5, 0.6) is 11.5 Å². The van der Waals surface area contributed by atoms with Crippen molar-refractivity contribution in [2.45, 2.75) is 37.9 Å². The van der Waals surface area contributed by atoms with Crippen molar-refractivity contribution >= 4 is 18.0 Å². The number of methoxy groups -OCH3 is 1.